The number of carboxylic acids is 1. The van der Waals surface area contributed by atoms with Crippen LogP contribution in [0.25, 0.3) is 0 Å². The smallest absolute Gasteiger partial charge is 0.320 e. The van der Waals surface area contributed by atoms with Crippen molar-refractivity contribution in [2.24, 2.45) is 5.73 Å². The molecule has 0 radical (unpaired) electrons. The van der Waals surface area contributed by atoms with Gasteiger partial charge in [0.25, 0.3) is 0 Å². The minimum absolute atomic E-state index is 0. The first-order valence-corrected chi connectivity index (χ1v) is 4.09. The van der Waals surface area contributed by atoms with Gasteiger partial charge >= 0.3 is 5.97 Å². The Morgan fingerprint density at radius 1 is 1.75 bits per heavy atom. The molecule has 3 nitrogen and oxygen atoms in total. The third-order valence-corrected chi connectivity index (χ3v) is 2.22. The molecule has 0 unspecified atom stereocenters. The van der Waals surface area contributed by atoms with Crippen LogP contribution in [0.5, 0.6) is 0 Å². The Hall–Kier alpha value is -0.580. The van der Waals surface area contributed by atoms with Gasteiger partial charge in [-0.15, -0.1) is 23.7 Å². The molecule has 1 rings (SSSR count). The highest BCUT2D eigenvalue weighted by Gasteiger charge is 2.11. The predicted molar refractivity (Wildman–Crippen MR) is 50.9 cm³/mol. The Kier molecular flexibility index (Phi) is 4.89. The van der Waals surface area contributed by atoms with Gasteiger partial charge in [-0.25, -0.2) is 0 Å². The molecule has 68 valence electrons. The van der Waals surface area contributed by atoms with E-state index < -0.39 is 12.0 Å². The van der Waals surface area contributed by atoms with Crippen molar-refractivity contribution < 1.29 is 9.90 Å². The molecule has 1 aromatic heterocycles. The summed E-state index contributed by atoms with van der Waals surface area (Å²) in [5.74, 6) is -0.946. The summed E-state index contributed by atoms with van der Waals surface area (Å²) in [6.45, 7) is 0. The van der Waals surface area contributed by atoms with Crippen molar-refractivity contribution in [1.29, 1.82) is 0 Å². The second-order valence-corrected chi connectivity index (χ2v) is 3.26. The molecule has 0 saturated carbocycles. The normalized spacial score (nSPS) is 11.8. The lowest BCUT2D eigenvalue weighted by Crippen LogP contribution is -2.31. The van der Waals surface area contributed by atoms with Crippen LogP contribution in [0.4, 0.5) is 0 Å². The fraction of sp³-hybridized carbons (Fsp3) is 0.286. The van der Waals surface area contributed by atoms with Crippen LogP contribution in [-0.4, -0.2) is 17.1 Å². The van der Waals surface area contributed by atoms with Crippen LogP contribution < -0.4 is 5.73 Å². The standard InChI is InChI=1S/C7H9NO2S.ClH/c8-6(7(9)10)4-5-2-1-3-11-5;/h1-3,6H,4,8H2,(H,9,10);1H/t6-;/m0./s1. The Morgan fingerprint density at radius 3 is 2.83 bits per heavy atom. The molecule has 1 atom stereocenters. The van der Waals surface area contributed by atoms with Gasteiger partial charge in [0.2, 0.25) is 0 Å². The van der Waals surface area contributed by atoms with Gasteiger partial charge in [-0.2, -0.15) is 0 Å². The van der Waals surface area contributed by atoms with Gasteiger partial charge in [-0.05, 0) is 11.4 Å². The summed E-state index contributed by atoms with van der Waals surface area (Å²) >= 11 is 1.53. The molecule has 0 aliphatic rings. The average Bonchev–Trinajstić information content (AvgIpc) is 2.39. The molecule has 0 aliphatic carbocycles. The number of thiophene rings is 1. The van der Waals surface area contributed by atoms with Gasteiger partial charge in [0.15, 0.2) is 0 Å². The lowest BCUT2D eigenvalue weighted by molar-refractivity contribution is -0.138. The first kappa shape index (κ1) is 11.4. The minimum Gasteiger partial charge on any atom is -0.480 e. The van der Waals surface area contributed by atoms with Crippen LogP contribution in [0.2, 0.25) is 0 Å². The van der Waals surface area contributed by atoms with Crippen LogP contribution in [0, 0.1) is 0 Å². The maximum atomic E-state index is 10.3. The van der Waals surface area contributed by atoms with E-state index in [0.29, 0.717) is 6.42 Å². The van der Waals surface area contributed by atoms with E-state index in [1.54, 1.807) is 0 Å². The van der Waals surface area contributed by atoms with E-state index in [4.69, 9.17) is 10.8 Å². The van der Waals surface area contributed by atoms with Crippen molar-refractivity contribution in [3.05, 3.63) is 22.4 Å². The molecule has 0 aliphatic heterocycles. The number of rotatable bonds is 3. The molecule has 1 heterocycles. The Labute approximate surface area is 80.6 Å². The van der Waals surface area contributed by atoms with Crippen molar-refractivity contribution in [2.75, 3.05) is 0 Å². The monoisotopic (exact) mass is 207 g/mol. The predicted octanol–water partition coefficient (Wildman–Crippen LogP) is 1.12. The van der Waals surface area contributed by atoms with Crippen molar-refractivity contribution in [1.82, 2.24) is 0 Å². The fourth-order valence-electron chi connectivity index (χ4n) is 0.733. The van der Waals surface area contributed by atoms with Gasteiger partial charge < -0.3 is 10.8 Å². The summed E-state index contributed by atoms with van der Waals surface area (Å²) in [7, 11) is 0. The van der Waals surface area contributed by atoms with Crippen LogP contribution >= 0.6 is 23.7 Å². The van der Waals surface area contributed by atoms with E-state index in [0.717, 1.165) is 4.88 Å². The van der Waals surface area contributed by atoms with Gasteiger partial charge in [0.05, 0.1) is 0 Å². The maximum Gasteiger partial charge on any atom is 0.320 e. The van der Waals surface area contributed by atoms with Gasteiger partial charge in [-0.3, -0.25) is 4.79 Å². The quantitative estimate of drug-likeness (QED) is 0.781. The summed E-state index contributed by atoms with van der Waals surface area (Å²) in [5.41, 5.74) is 5.31. The van der Waals surface area contributed by atoms with Gasteiger partial charge in [0, 0.05) is 11.3 Å². The van der Waals surface area contributed by atoms with E-state index in [-0.39, 0.29) is 12.4 Å². The van der Waals surface area contributed by atoms with Crippen LogP contribution in [-0.2, 0) is 11.2 Å². The summed E-state index contributed by atoms with van der Waals surface area (Å²) in [4.78, 5) is 11.3. The molecule has 0 bridgehead atoms. The van der Waals surface area contributed by atoms with Crippen LogP contribution in [0.15, 0.2) is 17.5 Å². The van der Waals surface area contributed by atoms with E-state index in [9.17, 15) is 4.79 Å². The number of hydrogen-bond donors (Lipinski definition) is 2. The van der Waals surface area contributed by atoms with Crippen LogP contribution in [0.3, 0.4) is 0 Å². The van der Waals surface area contributed by atoms with Crippen molar-refractivity contribution in [2.45, 2.75) is 12.5 Å². The highest BCUT2D eigenvalue weighted by molar-refractivity contribution is 7.09. The van der Waals surface area contributed by atoms with Crippen molar-refractivity contribution in [3.8, 4) is 0 Å². The van der Waals surface area contributed by atoms with E-state index in [1.807, 2.05) is 17.5 Å². The topological polar surface area (TPSA) is 63.3 Å². The third kappa shape index (κ3) is 3.21. The Balaban J connectivity index is 0.00000121. The molecular formula is C7H10ClNO2S. The summed E-state index contributed by atoms with van der Waals surface area (Å²) in [6.07, 6.45) is 0.424. The number of hydrogen-bond acceptors (Lipinski definition) is 3. The second kappa shape index (κ2) is 5.13. The highest BCUT2D eigenvalue weighted by Crippen LogP contribution is 2.10. The lowest BCUT2D eigenvalue weighted by atomic mass is 10.2. The Morgan fingerprint density at radius 2 is 2.42 bits per heavy atom. The van der Waals surface area contributed by atoms with E-state index >= 15 is 0 Å². The summed E-state index contributed by atoms with van der Waals surface area (Å²) < 4.78 is 0. The molecule has 0 spiro atoms. The van der Waals surface area contributed by atoms with Gasteiger partial charge in [0.1, 0.15) is 6.04 Å². The lowest BCUT2D eigenvalue weighted by Gasteiger charge is -2.02. The van der Waals surface area contributed by atoms with Gasteiger partial charge in [-0.1, -0.05) is 6.07 Å². The second-order valence-electron chi connectivity index (χ2n) is 2.23. The first-order chi connectivity index (χ1) is 5.20. The zero-order valence-corrected chi connectivity index (χ0v) is 7.90. The minimum atomic E-state index is -0.946. The number of carbonyl (C=O) groups is 1. The Bertz CT molecular complexity index is 238. The molecular weight excluding hydrogens is 198 g/mol. The molecule has 3 N–H and O–H groups in total. The van der Waals surface area contributed by atoms with E-state index in [2.05, 4.69) is 0 Å². The average molecular weight is 208 g/mol. The molecule has 0 aromatic carbocycles. The largest absolute Gasteiger partial charge is 0.480 e. The summed E-state index contributed by atoms with van der Waals surface area (Å²) in [6, 6.07) is 3.00. The number of halogens is 1. The number of aliphatic carboxylic acids is 1. The maximum absolute atomic E-state index is 10.3. The van der Waals surface area contributed by atoms with Crippen molar-refractivity contribution in [3.63, 3.8) is 0 Å². The SMILES string of the molecule is Cl.N[C@@H](Cc1cccs1)C(=O)O. The molecule has 1 aromatic rings. The van der Waals surface area contributed by atoms with E-state index in [1.165, 1.54) is 11.3 Å². The molecule has 12 heavy (non-hydrogen) atoms. The molecule has 5 heteroatoms. The highest BCUT2D eigenvalue weighted by atomic mass is 35.5. The first-order valence-electron chi connectivity index (χ1n) is 3.21. The molecule has 0 saturated heterocycles. The number of nitrogens with two attached hydrogens (primary N) is 1. The fourth-order valence-corrected chi connectivity index (χ4v) is 1.50. The van der Waals surface area contributed by atoms with Crippen molar-refractivity contribution >= 4 is 29.7 Å². The molecule has 0 fully saturated rings. The molecule has 0 amide bonds. The van der Waals surface area contributed by atoms with Crippen LogP contribution in [0.1, 0.15) is 4.88 Å². The third-order valence-electron chi connectivity index (χ3n) is 1.32. The zero-order valence-electron chi connectivity index (χ0n) is 6.27. The zero-order chi connectivity index (χ0) is 8.27. The number of carboxylic acid groups (broad SMARTS) is 1. The summed E-state index contributed by atoms with van der Waals surface area (Å²) in [5, 5.41) is 10.4.